The second kappa shape index (κ2) is 7.58. The number of sulfonamides is 1. The standard InChI is InChI=1S/C19H20Cl2N2O5S/c20-12-7-13(21)9-14(8-12)29(27,28)23-5-1-2-15(23)18(24)22-17-11-4-3-10(6-11)16(17)19(25)26/h3-4,7-11,15-17H,1-2,5-6H2,(H,22,24)(H,25,26)/t10?,11?,15-,16?,17?/m0/s1. The number of hydrogen-bond acceptors (Lipinski definition) is 4. The van der Waals surface area contributed by atoms with Crippen LogP contribution in [-0.4, -0.2) is 48.3 Å². The van der Waals surface area contributed by atoms with Gasteiger partial charge in [0.15, 0.2) is 0 Å². The van der Waals surface area contributed by atoms with Crippen molar-refractivity contribution in [1.29, 1.82) is 0 Å². The van der Waals surface area contributed by atoms with Crippen molar-refractivity contribution in [2.75, 3.05) is 6.54 Å². The lowest BCUT2D eigenvalue weighted by Crippen LogP contribution is -2.52. The maximum Gasteiger partial charge on any atom is 0.309 e. The van der Waals surface area contributed by atoms with Gasteiger partial charge in [-0.15, -0.1) is 0 Å². The molecule has 0 spiro atoms. The summed E-state index contributed by atoms with van der Waals surface area (Å²) in [5, 5.41) is 12.8. The highest BCUT2D eigenvalue weighted by Crippen LogP contribution is 2.44. The Kier molecular flexibility index (Phi) is 5.40. The summed E-state index contributed by atoms with van der Waals surface area (Å²) in [6.45, 7) is 0.198. The summed E-state index contributed by atoms with van der Waals surface area (Å²) in [5.74, 6) is -2.23. The number of hydrogen-bond donors (Lipinski definition) is 2. The van der Waals surface area contributed by atoms with Gasteiger partial charge in [0.05, 0.1) is 10.8 Å². The summed E-state index contributed by atoms with van der Waals surface area (Å²) in [7, 11) is -3.98. The molecule has 4 unspecified atom stereocenters. The Balaban J connectivity index is 1.56. The smallest absolute Gasteiger partial charge is 0.309 e. The second-order valence-corrected chi connectivity index (χ2v) is 10.5. The molecule has 2 aliphatic carbocycles. The van der Waals surface area contributed by atoms with E-state index in [1.54, 1.807) is 0 Å². The Bertz CT molecular complexity index is 976. The molecule has 1 aliphatic heterocycles. The maximum atomic E-state index is 13.1. The molecule has 29 heavy (non-hydrogen) atoms. The van der Waals surface area contributed by atoms with E-state index in [4.69, 9.17) is 23.2 Å². The number of fused-ring (bicyclic) bond motifs is 2. The number of halogens is 2. The SMILES string of the molecule is O=C(O)C1C2C=CC(C2)C1NC(=O)[C@@H]1CCCN1S(=O)(=O)c1cc(Cl)cc(Cl)c1. The lowest BCUT2D eigenvalue weighted by molar-refractivity contribution is -0.143. The van der Waals surface area contributed by atoms with Crippen LogP contribution in [0.25, 0.3) is 0 Å². The van der Waals surface area contributed by atoms with E-state index in [0.29, 0.717) is 19.3 Å². The molecule has 5 atom stereocenters. The number of amides is 1. The van der Waals surface area contributed by atoms with Crippen molar-refractivity contribution in [3.63, 3.8) is 0 Å². The molecule has 2 bridgehead atoms. The predicted octanol–water partition coefficient (Wildman–Crippen LogP) is 2.54. The molecule has 10 heteroatoms. The number of allylic oxidation sites excluding steroid dienone is 1. The molecule has 1 amide bonds. The lowest BCUT2D eigenvalue weighted by Gasteiger charge is -2.29. The predicted molar refractivity (Wildman–Crippen MR) is 107 cm³/mol. The minimum atomic E-state index is -3.98. The number of rotatable bonds is 5. The van der Waals surface area contributed by atoms with Gasteiger partial charge in [-0.25, -0.2) is 8.42 Å². The van der Waals surface area contributed by atoms with Gasteiger partial charge in [0.2, 0.25) is 15.9 Å². The van der Waals surface area contributed by atoms with Gasteiger partial charge in [-0.2, -0.15) is 4.31 Å². The molecule has 156 valence electrons. The van der Waals surface area contributed by atoms with Crippen molar-refractivity contribution >= 4 is 45.1 Å². The van der Waals surface area contributed by atoms with Gasteiger partial charge in [0.1, 0.15) is 6.04 Å². The van der Waals surface area contributed by atoms with E-state index in [0.717, 1.165) is 4.31 Å². The number of carbonyl (C=O) groups excluding carboxylic acids is 1. The molecular weight excluding hydrogens is 439 g/mol. The fourth-order valence-corrected chi connectivity index (χ4v) is 7.10. The highest BCUT2D eigenvalue weighted by atomic mass is 35.5. The highest BCUT2D eigenvalue weighted by molar-refractivity contribution is 7.89. The molecule has 1 aromatic carbocycles. The van der Waals surface area contributed by atoms with E-state index < -0.39 is 39.9 Å². The van der Waals surface area contributed by atoms with Crippen molar-refractivity contribution in [2.45, 2.75) is 36.2 Å². The summed E-state index contributed by atoms with van der Waals surface area (Å²) in [6.07, 6.45) is 5.42. The van der Waals surface area contributed by atoms with Crippen molar-refractivity contribution in [1.82, 2.24) is 9.62 Å². The van der Waals surface area contributed by atoms with Crippen LogP contribution in [0.1, 0.15) is 19.3 Å². The fraction of sp³-hybridized carbons (Fsp3) is 0.474. The maximum absolute atomic E-state index is 13.1. The third-order valence-electron chi connectivity index (χ3n) is 6.00. The number of carboxylic acid groups (broad SMARTS) is 1. The van der Waals surface area contributed by atoms with E-state index in [2.05, 4.69) is 5.32 Å². The Hall–Kier alpha value is -1.61. The summed E-state index contributed by atoms with van der Waals surface area (Å²) < 4.78 is 27.4. The topological polar surface area (TPSA) is 104 Å². The van der Waals surface area contributed by atoms with Crippen molar-refractivity contribution < 1.29 is 23.1 Å². The fourth-order valence-electron chi connectivity index (χ4n) is 4.72. The molecule has 0 radical (unpaired) electrons. The van der Waals surface area contributed by atoms with Crippen LogP contribution in [0.15, 0.2) is 35.2 Å². The second-order valence-electron chi connectivity index (χ2n) is 7.73. The Labute approximate surface area is 178 Å². The zero-order valence-corrected chi connectivity index (χ0v) is 17.6. The number of aliphatic carboxylic acids is 1. The summed E-state index contributed by atoms with van der Waals surface area (Å²) in [4.78, 5) is 24.6. The average molecular weight is 459 g/mol. The molecular formula is C19H20Cl2N2O5S. The average Bonchev–Trinajstić information content (AvgIpc) is 3.36. The van der Waals surface area contributed by atoms with Gasteiger partial charge in [-0.05, 0) is 49.3 Å². The van der Waals surface area contributed by atoms with Crippen LogP contribution in [0.5, 0.6) is 0 Å². The molecule has 1 aromatic rings. The molecule has 7 nitrogen and oxygen atoms in total. The number of carbonyl (C=O) groups is 2. The normalized spacial score (nSPS) is 31.3. The molecule has 1 heterocycles. The number of benzene rings is 1. The van der Waals surface area contributed by atoms with Gasteiger partial charge in [-0.1, -0.05) is 35.4 Å². The van der Waals surface area contributed by atoms with Crippen molar-refractivity contribution in [3.05, 3.63) is 40.4 Å². The first-order chi connectivity index (χ1) is 13.7. The summed E-state index contributed by atoms with van der Waals surface area (Å²) in [5.41, 5.74) is 0. The Morgan fingerprint density at radius 3 is 2.41 bits per heavy atom. The van der Waals surface area contributed by atoms with Crippen LogP contribution in [0.4, 0.5) is 0 Å². The van der Waals surface area contributed by atoms with Crippen LogP contribution < -0.4 is 5.32 Å². The summed E-state index contributed by atoms with van der Waals surface area (Å²) >= 11 is 11.9. The largest absolute Gasteiger partial charge is 0.481 e. The summed E-state index contributed by atoms with van der Waals surface area (Å²) in [6, 6.07) is 2.62. The minimum Gasteiger partial charge on any atom is -0.481 e. The third kappa shape index (κ3) is 3.67. The third-order valence-corrected chi connectivity index (χ3v) is 8.32. The Morgan fingerprint density at radius 2 is 1.76 bits per heavy atom. The highest BCUT2D eigenvalue weighted by Gasteiger charge is 2.50. The first kappa shape index (κ1) is 20.7. The number of carboxylic acids is 1. The number of nitrogens with one attached hydrogen (secondary N) is 1. The zero-order chi connectivity index (χ0) is 20.9. The zero-order valence-electron chi connectivity index (χ0n) is 15.3. The molecule has 2 N–H and O–H groups in total. The lowest BCUT2D eigenvalue weighted by atomic mass is 9.88. The van der Waals surface area contributed by atoms with E-state index in [1.807, 2.05) is 12.2 Å². The first-order valence-corrected chi connectivity index (χ1v) is 11.6. The van der Waals surface area contributed by atoms with E-state index in [1.165, 1.54) is 18.2 Å². The van der Waals surface area contributed by atoms with E-state index >= 15 is 0 Å². The first-order valence-electron chi connectivity index (χ1n) is 9.38. The Morgan fingerprint density at radius 1 is 1.10 bits per heavy atom. The monoisotopic (exact) mass is 458 g/mol. The minimum absolute atomic E-state index is 0.0387. The van der Waals surface area contributed by atoms with Crippen LogP contribution in [0.3, 0.4) is 0 Å². The van der Waals surface area contributed by atoms with Gasteiger partial charge < -0.3 is 10.4 Å². The molecule has 1 saturated carbocycles. The van der Waals surface area contributed by atoms with Gasteiger partial charge in [-0.3, -0.25) is 9.59 Å². The van der Waals surface area contributed by atoms with E-state index in [9.17, 15) is 23.1 Å². The molecule has 1 saturated heterocycles. The van der Waals surface area contributed by atoms with Crippen molar-refractivity contribution in [2.24, 2.45) is 17.8 Å². The van der Waals surface area contributed by atoms with Crippen LogP contribution in [0, 0.1) is 17.8 Å². The van der Waals surface area contributed by atoms with Gasteiger partial charge in [0, 0.05) is 22.6 Å². The van der Waals surface area contributed by atoms with Crippen LogP contribution >= 0.6 is 23.2 Å². The van der Waals surface area contributed by atoms with E-state index in [-0.39, 0.29) is 33.3 Å². The van der Waals surface area contributed by atoms with Crippen molar-refractivity contribution in [3.8, 4) is 0 Å². The van der Waals surface area contributed by atoms with Crippen LogP contribution in [0.2, 0.25) is 10.0 Å². The van der Waals surface area contributed by atoms with Gasteiger partial charge >= 0.3 is 5.97 Å². The number of nitrogens with zero attached hydrogens (tertiary/aromatic N) is 1. The quantitative estimate of drug-likeness (QED) is 0.659. The molecule has 4 rings (SSSR count). The molecule has 0 aromatic heterocycles. The van der Waals surface area contributed by atoms with Crippen LogP contribution in [-0.2, 0) is 19.6 Å². The molecule has 2 fully saturated rings. The molecule has 3 aliphatic rings. The van der Waals surface area contributed by atoms with Gasteiger partial charge in [0.25, 0.3) is 0 Å².